The summed E-state index contributed by atoms with van der Waals surface area (Å²) in [6, 6.07) is 13.3. The molecule has 132 valence electrons. The van der Waals surface area contributed by atoms with Crippen molar-refractivity contribution < 1.29 is 18.7 Å². The van der Waals surface area contributed by atoms with Crippen LogP contribution in [0.5, 0.6) is 11.5 Å². The van der Waals surface area contributed by atoms with Crippen LogP contribution in [0.1, 0.15) is 10.5 Å². The molecule has 0 saturated carbocycles. The van der Waals surface area contributed by atoms with Gasteiger partial charge in [-0.2, -0.15) is 5.10 Å². The third kappa shape index (κ3) is 2.77. The smallest absolute Gasteiger partial charge is 0.276 e. The molecule has 1 aliphatic heterocycles. The number of para-hydroxylation sites is 1. The zero-order valence-corrected chi connectivity index (χ0v) is 14.0. The van der Waals surface area contributed by atoms with Gasteiger partial charge >= 0.3 is 0 Å². The maximum absolute atomic E-state index is 13.4. The van der Waals surface area contributed by atoms with E-state index in [2.05, 4.69) is 10.2 Å². The first-order valence-corrected chi connectivity index (χ1v) is 8.10. The van der Waals surface area contributed by atoms with E-state index in [1.807, 2.05) is 24.3 Å². The molecule has 0 atom stereocenters. The molecule has 0 unspecified atom stereocenters. The molecule has 7 heteroatoms. The van der Waals surface area contributed by atoms with Gasteiger partial charge in [0.1, 0.15) is 29.6 Å². The number of carbonyl (C=O) groups excluding carboxylic acids is 1. The van der Waals surface area contributed by atoms with Gasteiger partial charge in [-0.3, -0.25) is 9.89 Å². The van der Waals surface area contributed by atoms with Crippen LogP contribution in [-0.2, 0) is 0 Å². The van der Waals surface area contributed by atoms with Crippen LogP contribution in [0.4, 0.5) is 10.1 Å². The Balaban J connectivity index is 1.66. The molecule has 2 aromatic carbocycles. The molecule has 1 aliphatic rings. The normalized spacial score (nSPS) is 13.1. The summed E-state index contributed by atoms with van der Waals surface area (Å²) < 4.78 is 24.2. The first kappa shape index (κ1) is 16.1. The average Bonchev–Trinajstić information content (AvgIpc) is 3.16. The number of aromatic nitrogens is 2. The number of nitrogens with one attached hydrogen (secondary N) is 1. The molecular formula is C19H16FN3O3. The van der Waals surface area contributed by atoms with Crippen LogP contribution in [0.15, 0.2) is 48.5 Å². The summed E-state index contributed by atoms with van der Waals surface area (Å²) in [5.41, 5.74) is 2.27. The second-order valence-electron chi connectivity index (χ2n) is 5.78. The molecule has 0 spiro atoms. The highest BCUT2D eigenvalue weighted by Gasteiger charge is 2.26. The number of benzene rings is 2. The van der Waals surface area contributed by atoms with Gasteiger partial charge in [-0.05, 0) is 30.3 Å². The monoisotopic (exact) mass is 353 g/mol. The predicted octanol–water partition coefficient (Wildman–Crippen LogP) is 3.26. The number of carbonyl (C=O) groups is 1. The van der Waals surface area contributed by atoms with E-state index in [0.29, 0.717) is 41.7 Å². The second-order valence-corrected chi connectivity index (χ2v) is 5.78. The number of H-pyrrole nitrogens is 1. The molecule has 3 aromatic rings. The Bertz CT molecular complexity index is 970. The van der Waals surface area contributed by atoms with Crippen LogP contribution in [0, 0.1) is 5.82 Å². The molecule has 0 radical (unpaired) electrons. The van der Waals surface area contributed by atoms with Gasteiger partial charge in [-0.15, -0.1) is 0 Å². The second kappa shape index (κ2) is 6.51. The minimum absolute atomic E-state index is 0.255. The molecule has 1 aromatic heterocycles. The summed E-state index contributed by atoms with van der Waals surface area (Å²) in [5.74, 6) is 0.368. The van der Waals surface area contributed by atoms with E-state index in [0.717, 1.165) is 5.56 Å². The van der Waals surface area contributed by atoms with Crippen LogP contribution in [0.3, 0.4) is 0 Å². The highest BCUT2D eigenvalue weighted by molar-refractivity contribution is 6.06. The average molecular weight is 353 g/mol. The van der Waals surface area contributed by atoms with Gasteiger partial charge in [0.15, 0.2) is 0 Å². The van der Waals surface area contributed by atoms with Crippen molar-refractivity contribution in [3.8, 4) is 22.8 Å². The lowest BCUT2D eigenvalue weighted by Gasteiger charge is -2.29. The van der Waals surface area contributed by atoms with Gasteiger partial charge in [0.05, 0.1) is 25.0 Å². The number of methoxy groups -OCH3 is 1. The number of halogens is 1. The number of ether oxygens (including phenoxy) is 2. The van der Waals surface area contributed by atoms with Crippen LogP contribution >= 0.6 is 0 Å². The molecule has 2 heterocycles. The number of hydrogen-bond acceptors (Lipinski definition) is 4. The molecule has 4 rings (SSSR count). The van der Waals surface area contributed by atoms with Crippen molar-refractivity contribution in [2.45, 2.75) is 0 Å². The molecule has 0 aliphatic carbocycles. The summed E-state index contributed by atoms with van der Waals surface area (Å²) in [4.78, 5) is 14.5. The highest BCUT2D eigenvalue weighted by atomic mass is 19.1. The van der Waals surface area contributed by atoms with Crippen LogP contribution in [0.2, 0.25) is 0 Å². The summed E-state index contributed by atoms with van der Waals surface area (Å²) >= 11 is 0. The summed E-state index contributed by atoms with van der Waals surface area (Å²) in [5, 5.41) is 7.02. The number of anilines is 1. The van der Waals surface area contributed by atoms with Gasteiger partial charge in [-0.1, -0.05) is 12.1 Å². The van der Waals surface area contributed by atoms with E-state index < -0.39 is 5.82 Å². The lowest BCUT2D eigenvalue weighted by molar-refractivity contribution is 0.0971. The van der Waals surface area contributed by atoms with E-state index in [4.69, 9.17) is 9.47 Å². The fraction of sp³-hybridized carbons (Fsp3) is 0.158. The number of aromatic amines is 1. The number of hydrogen-bond donors (Lipinski definition) is 1. The van der Waals surface area contributed by atoms with Crippen molar-refractivity contribution in [1.29, 1.82) is 0 Å². The van der Waals surface area contributed by atoms with Gasteiger partial charge in [0, 0.05) is 11.6 Å². The summed E-state index contributed by atoms with van der Waals surface area (Å²) in [7, 11) is 1.58. The maximum Gasteiger partial charge on any atom is 0.276 e. The van der Waals surface area contributed by atoms with Crippen molar-refractivity contribution in [2.75, 3.05) is 25.2 Å². The Hall–Kier alpha value is -3.35. The molecule has 1 N–H and O–H groups in total. The third-order valence-corrected chi connectivity index (χ3v) is 4.22. The molecule has 0 saturated heterocycles. The number of nitrogens with zero attached hydrogens (tertiary/aromatic N) is 2. The molecule has 0 fully saturated rings. The Morgan fingerprint density at radius 1 is 1.27 bits per heavy atom. The zero-order valence-electron chi connectivity index (χ0n) is 14.0. The quantitative estimate of drug-likeness (QED) is 0.785. The van der Waals surface area contributed by atoms with Crippen LogP contribution in [-0.4, -0.2) is 36.4 Å². The van der Waals surface area contributed by atoms with Crippen molar-refractivity contribution >= 4 is 11.6 Å². The Labute approximate surface area is 149 Å². The van der Waals surface area contributed by atoms with E-state index in [9.17, 15) is 9.18 Å². The summed E-state index contributed by atoms with van der Waals surface area (Å²) in [6.45, 7) is 0.677. The fourth-order valence-corrected chi connectivity index (χ4v) is 2.98. The van der Waals surface area contributed by atoms with E-state index in [-0.39, 0.29) is 5.91 Å². The minimum atomic E-state index is -0.405. The largest absolute Gasteiger partial charge is 0.496 e. The number of fused-ring (bicyclic) bond motifs is 1. The Morgan fingerprint density at radius 3 is 2.96 bits per heavy atom. The van der Waals surface area contributed by atoms with Crippen molar-refractivity contribution in [3.63, 3.8) is 0 Å². The van der Waals surface area contributed by atoms with Crippen molar-refractivity contribution in [3.05, 3.63) is 60.0 Å². The predicted molar refractivity (Wildman–Crippen MR) is 94.1 cm³/mol. The highest BCUT2D eigenvalue weighted by Crippen LogP contribution is 2.34. The molecule has 26 heavy (non-hydrogen) atoms. The van der Waals surface area contributed by atoms with Gasteiger partial charge in [-0.25, -0.2) is 4.39 Å². The van der Waals surface area contributed by atoms with E-state index in [1.54, 1.807) is 24.1 Å². The van der Waals surface area contributed by atoms with Gasteiger partial charge in [0.25, 0.3) is 5.91 Å². The SMILES string of the molecule is COc1ccccc1-c1cc(C(=O)N2CCOc3cc(F)ccc32)[nH]n1. The number of amides is 1. The van der Waals surface area contributed by atoms with E-state index >= 15 is 0 Å². The molecule has 1 amide bonds. The molecule has 6 nitrogen and oxygen atoms in total. The first-order chi connectivity index (χ1) is 12.7. The van der Waals surface area contributed by atoms with E-state index in [1.165, 1.54) is 12.1 Å². The topological polar surface area (TPSA) is 67.4 Å². The lowest BCUT2D eigenvalue weighted by atomic mass is 10.1. The van der Waals surface area contributed by atoms with Gasteiger partial charge in [0.2, 0.25) is 0 Å². The van der Waals surface area contributed by atoms with Crippen LogP contribution in [0.25, 0.3) is 11.3 Å². The Morgan fingerprint density at radius 2 is 2.12 bits per heavy atom. The zero-order chi connectivity index (χ0) is 18.1. The van der Waals surface area contributed by atoms with Crippen molar-refractivity contribution in [1.82, 2.24) is 10.2 Å². The minimum Gasteiger partial charge on any atom is -0.496 e. The maximum atomic E-state index is 13.4. The first-order valence-electron chi connectivity index (χ1n) is 8.10. The van der Waals surface area contributed by atoms with Crippen LogP contribution < -0.4 is 14.4 Å². The molecular weight excluding hydrogens is 337 g/mol. The van der Waals surface area contributed by atoms with Gasteiger partial charge < -0.3 is 14.4 Å². The summed E-state index contributed by atoms with van der Waals surface area (Å²) in [6.07, 6.45) is 0. The lowest BCUT2D eigenvalue weighted by Crippen LogP contribution is -2.38. The molecule has 0 bridgehead atoms. The fourth-order valence-electron chi connectivity index (χ4n) is 2.98. The standard InChI is InChI=1S/C19H16FN3O3/c1-25-17-5-3-2-4-13(17)14-11-15(22-21-14)19(24)23-8-9-26-18-10-12(20)6-7-16(18)23/h2-7,10-11H,8-9H2,1H3,(H,21,22). The number of rotatable bonds is 3. The Kier molecular flexibility index (Phi) is 4.04. The third-order valence-electron chi connectivity index (χ3n) is 4.22. The van der Waals surface area contributed by atoms with Crippen molar-refractivity contribution in [2.24, 2.45) is 0 Å².